The summed E-state index contributed by atoms with van der Waals surface area (Å²) in [5, 5.41) is 38.7. The van der Waals surface area contributed by atoms with Gasteiger partial charge in [-0.3, -0.25) is 14.4 Å². The number of carboxylic acids is 2. The quantitative estimate of drug-likeness (QED) is 0.0763. The van der Waals surface area contributed by atoms with Gasteiger partial charge in [0.25, 0.3) is 0 Å². The summed E-state index contributed by atoms with van der Waals surface area (Å²) in [6, 6.07) is 0. The molecule has 4 saturated carbocycles. The first-order valence-corrected chi connectivity index (χ1v) is 17.7. The lowest BCUT2D eigenvalue weighted by atomic mass is 9.78. The highest BCUT2D eigenvalue weighted by molar-refractivity contribution is 5.81. The summed E-state index contributed by atoms with van der Waals surface area (Å²) in [4.78, 5) is 46.8. The van der Waals surface area contributed by atoms with E-state index in [1.54, 1.807) is 0 Å². The predicted molar refractivity (Wildman–Crippen MR) is 164 cm³/mol. The van der Waals surface area contributed by atoms with Crippen LogP contribution in [-0.2, 0) is 38.4 Å². The third kappa shape index (κ3) is 12.0. The fourth-order valence-corrected chi connectivity index (χ4v) is 7.80. The van der Waals surface area contributed by atoms with Crippen molar-refractivity contribution in [1.82, 2.24) is 0 Å². The van der Waals surface area contributed by atoms with E-state index in [4.69, 9.17) is 24.0 Å². The Morgan fingerprint density at radius 1 is 0.565 bits per heavy atom. The minimum absolute atomic E-state index is 0.0237. The van der Waals surface area contributed by atoms with Crippen molar-refractivity contribution in [3.05, 3.63) is 0 Å². The minimum atomic E-state index is -0.992. The van der Waals surface area contributed by atoms with Gasteiger partial charge in [-0.15, -0.1) is 0 Å². The van der Waals surface area contributed by atoms with E-state index in [1.807, 2.05) is 0 Å². The molecule has 264 valence electrons. The summed E-state index contributed by atoms with van der Waals surface area (Å²) >= 11 is 0. The van der Waals surface area contributed by atoms with E-state index in [-0.39, 0.29) is 31.2 Å². The largest absolute Gasteiger partial charge is 0.481 e. The Morgan fingerprint density at radius 2 is 1.09 bits per heavy atom. The number of hydrogen-bond acceptors (Lipinski definition) is 10. The van der Waals surface area contributed by atoms with E-state index in [1.165, 1.54) is 0 Å². The molecule has 0 aromatic carbocycles. The molecule has 0 amide bonds. The van der Waals surface area contributed by atoms with Crippen molar-refractivity contribution in [2.45, 2.75) is 127 Å². The lowest BCUT2D eigenvalue weighted by Crippen LogP contribution is -2.40. The molecular weight excluding hydrogens is 600 g/mol. The monoisotopic (exact) mass is 656 g/mol. The van der Waals surface area contributed by atoms with E-state index in [0.717, 1.165) is 64.2 Å². The Labute approximate surface area is 272 Å². The fourth-order valence-electron chi connectivity index (χ4n) is 7.80. The van der Waals surface area contributed by atoms with Crippen LogP contribution < -0.4 is 0 Å². The minimum Gasteiger partial charge on any atom is -0.481 e. The van der Waals surface area contributed by atoms with Crippen LogP contribution in [0.1, 0.15) is 103 Å². The number of carbonyl (C=O) groups is 3. The van der Waals surface area contributed by atoms with E-state index in [0.29, 0.717) is 70.4 Å². The maximum Gasteiger partial charge on any atom is 0.310 e. The second-order valence-corrected chi connectivity index (χ2v) is 14.1. The SMILES string of the molecule is O=C(O)C1CCC(O)CC1COOC1CCC(CCOCCOCCC2CCC(OC(=O)C3CC(O)CCC3C(=O)O)CC2)CC1. The van der Waals surface area contributed by atoms with E-state index in [2.05, 4.69) is 0 Å². The number of carbonyl (C=O) groups excluding carboxylic acids is 1. The van der Waals surface area contributed by atoms with Crippen molar-refractivity contribution in [1.29, 1.82) is 0 Å². The van der Waals surface area contributed by atoms with Gasteiger partial charge < -0.3 is 34.6 Å². The van der Waals surface area contributed by atoms with Crippen LogP contribution in [0.15, 0.2) is 0 Å². The highest BCUT2D eigenvalue weighted by Crippen LogP contribution is 2.35. The van der Waals surface area contributed by atoms with Crippen molar-refractivity contribution in [3.8, 4) is 0 Å². The smallest absolute Gasteiger partial charge is 0.310 e. The summed E-state index contributed by atoms with van der Waals surface area (Å²) in [6.45, 7) is 2.70. The summed E-state index contributed by atoms with van der Waals surface area (Å²) in [5.41, 5.74) is 0. The Hall–Kier alpha value is -1.83. The molecule has 12 heteroatoms. The van der Waals surface area contributed by atoms with Gasteiger partial charge in [0.05, 0.1) is 55.9 Å². The third-order valence-electron chi connectivity index (χ3n) is 10.8. The predicted octanol–water partition coefficient (Wildman–Crippen LogP) is 4.13. The van der Waals surface area contributed by atoms with E-state index >= 15 is 0 Å². The topological polar surface area (TPSA) is 178 Å². The van der Waals surface area contributed by atoms with Gasteiger partial charge in [-0.25, -0.2) is 9.78 Å². The molecular formula is C34H56O12. The van der Waals surface area contributed by atoms with Crippen LogP contribution in [0.5, 0.6) is 0 Å². The maximum absolute atomic E-state index is 12.7. The standard InChI is InChI=1S/C34H56O12/c35-25-5-11-29(32(37)38)24(19-25)21-44-46-28-9-3-23(4-10-28)14-16-43-18-17-42-15-13-22-1-7-27(8-2-22)45-34(41)31-20-26(36)6-12-30(31)33(39)40/h22-31,35-36H,1-21H2,(H,37,38)(H,39,40). The van der Waals surface area contributed by atoms with Gasteiger partial charge in [0.2, 0.25) is 0 Å². The van der Waals surface area contributed by atoms with Crippen LogP contribution in [0.4, 0.5) is 0 Å². The van der Waals surface area contributed by atoms with Crippen LogP contribution in [0.25, 0.3) is 0 Å². The molecule has 0 radical (unpaired) electrons. The van der Waals surface area contributed by atoms with Crippen LogP contribution >= 0.6 is 0 Å². The first-order valence-electron chi connectivity index (χ1n) is 17.7. The fraction of sp³-hybridized carbons (Fsp3) is 0.912. The molecule has 4 aliphatic rings. The molecule has 46 heavy (non-hydrogen) atoms. The van der Waals surface area contributed by atoms with Gasteiger partial charge in [-0.2, -0.15) is 0 Å². The molecule has 4 N–H and O–H groups in total. The molecule has 0 heterocycles. The zero-order valence-corrected chi connectivity index (χ0v) is 27.2. The van der Waals surface area contributed by atoms with Crippen LogP contribution in [-0.4, -0.2) is 95.8 Å². The molecule has 0 saturated heterocycles. The molecule has 4 aliphatic carbocycles. The first kappa shape index (κ1) is 37.0. The molecule has 0 aromatic rings. The number of ether oxygens (including phenoxy) is 3. The second-order valence-electron chi connectivity index (χ2n) is 14.1. The van der Waals surface area contributed by atoms with Crippen molar-refractivity contribution < 1.29 is 58.8 Å². The van der Waals surface area contributed by atoms with Crippen LogP contribution in [0.3, 0.4) is 0 Å². The van der Waals surface area contributed by atoms with E-state index in [9.17, 15) is 34.8 Å². The van der Waals surface area contributed by atoms with Crippen LogP contribution in [0, 0.1) is 35.5 Å². The number of aliphatic carboxylic acids is 2. The lowest BCUT2D eigenvalue weighted by molar-refractivity contribution is -0.338. The highest BCUT2D eigenvalue weighted by atomic mass is 17.2. The second kappa shape index (κ2) is 19.2. The van der Waals surface area contributed by atoms with Crippen molar-refractivity contribution in [2.24, 2.45) is 35.5 Å². The van der Waals surface area contributed by atoms with Gasteiger partial charge in [0.15, 0.2) is 0 Å². The third-order valence-corrected chi connectivity index (χ3v) is 10.8. The van der Waals surface area contributed by atoms with Crippen molar-refractivity contribution >= 4 is 17.9 Å². The molecule has 0 bridgehead atoms. The molecule has 0 spiro atoms. The number of aliphatic hydroxyl groups excluding tert-OH is 2. The Balaban J connectivity index is 0.957. The molecule has 0 aromatic heterocycles. The number of rotatable bonds is 17. The number of esters is 1. The van der Waals surface area contributed by atoms with Gasteiger partial charge in [-0.1, -0.05) is 0 Å². The first-order chi connectivity index (χ1) is 22.2. The summed E-state index contributed by atoms with van der Waals surface area (Å²) < 4.78 is 17.3. The Morgan fingerprint density at radius 3 is 1.65 bits per heavy atom. The van der Waals surface area contributed by atoms with Gasteiger partial charge >= 0.3 is 17.9 Å². The summed E-state index contributed by atoms with van der Waals surface area (Å²) in [5.74, 6) is -3.44. The average Bonchev–Trinajstić information content (AvgIpc) is 3.03. The number of aliphatic hydroxyl groups is 2. The number of hydrogen-bond donors (Lipinski definition) is 4. The highest BCUT2D eigenvalue weighted by Gasteiger charge is 2.41. The van der Waals surface area contributed by atoms with Crippen LogP contribution in [0.2, 0.25) is 0 Å². The lowest BCUT2D eigenvalue weighted by Gasteiger charge is -2.33. The number of carboxylic acid groups (broad SMARTS) is 2. The molecule has 6 unspecified atom stereocenters. The summed E-state index contributed by atoms with van der Waals surface area (Å²) in [6.07, 6.45) is 10.3. The van der Waals surface area contributed by atoms with Crippen molar-refractivity contribution in [3.63, 3.8) is 0 Å². The molecule has 0 aliphatic heterocycles. The van der Waals surface area contributed by atoms with Gasteiger partial charge in [-0.05, 0) is 115 Å². The molecule has 4 fully saturated rings. The van der Waals surface area contributed by atoms with E-state index < -0.39 is 47.9 Å². The zero-order valence-electron chi connectivity index (χ0n) is 27.2. The van der Waals surface area contributed by atoms with Crippen molar-refractivity contribution in [2.75, 3.05) is 33.0 Å². The average molecular weight is 657 g/mol. The molecule has 6 atom stereocenters. The van der Waals surface area contributed by atoms with Gasteiger partial charge in [0.1, 0.15) is 6.10 Å². The molecule has 12 nitrogen and oxygen atoms in total. The van der Waals surface area contributed by atoms with Gasteiger partial charge in [0, 0.05) is 19.1 Å². The summed E-state index contributed by atoms with van der Waals surface area (Å²) in [7, 11) is 0. The normalized spacial score (nSPS) is 35.3. The Kier molecular flexibility index (Phi) is 15.5. The zero-order chi connectivity index (χ0) is 32.9. The molecule has 4 rings (SSSR count). The maximum atomic E-state index is 12.7. The Bertz CT molecular complexity index is 929.